The number of likely N-dealkylation sites (N-methyl/N-ethyl adjacent to an activating group) is 1. The van der Waals surface area contributed by atoms with Gasteiger partial charge in [0.1, 0.15) is 25.6 Å². The fraction of sp³-hybridized carbons (Fsp3) is 0.368. The van der Waals surface area contributed by atoms with Crippen LogP contribution in [0.4, 0.5) is 0 Å². The van der Waals surface area contributed by atoms with Crippen LogP contribution in [0.5, 0.6) is 17.2 Å². The maximum Gasteiger partial charge on any atom is 0.161 e. The number of ether oxygens (including phenoxy) is 3. The molecule has 0 saturated heterocycles. The third-order valence-electron chi connectivity index (χ3n) is 3.82. The van der Waals surface area contributed by atoms with Gasteiger partial charge >= 0.3 is 0 Å². The molecule has 4 nitrogen and oxygen atoms in total. The standard InChI is InChI=1S/C19H23NO3/c1-15-3-6-17(7-4-15)21-10-9-20(2)14-16-5-8-18-19(13-16)23-12-11-22-18/h3-8,13H,9-12,14H2,1-2H3. The van der Waals surface area contributed by atoms with E-state index in [0.717, 1.165) is 30.3 Å². The Labute approximate surface area is 137 Å². The molecular weight excluding hydrogens is 290 g/mol. The molecule has 4 heteroatoms. The summed E-state index contributed by atoms with van der Waals surface area (Å²) in [5.41, 5.74) is 2.46. The van der Waals surface area contributed by atoms with Crippen LogP contribution < -0.4 is 14.2 Å². The highest BCUT2D eigenvalue weighted by Gasteiger charge is 2.12. The molecule has 2 aromatic carbocycles. The number of aryl methyl sites for hydroxylation is 1. The van der Waals surface area contributed by atoms with Gasteiger partial charge in [-0.25, -0.2) is 0 Å². The Morgan fingerprint density at radius 2 is 1.74 bits per heavy atom. The van der Waals surface area contributed by atoms with E-state index in [1.807, 2.05) is 18.2 Å². The first-order chi connectivity index (χ1) is 11.2. The quantitative estimate of drug-likeness (QED) is 0.819. The molecule has 1 heterocycles. The number of nitrogens with zero attached hydrogens (tertiary/aromatic N) is 1. The molecule has 1 aliphatic rings. The normalized spacial score (nSPS) is 13.2. The summed E-state index contributed by atoms with van der Waals surface area (Å²) in [5, 5.41) is 0. The summed E-state index contributed by atoms with van der Waals surface area (Å²) in [6.07, 6.45) is 0. The molecule has 0 N–H and O–H groups in total. The van der Waals surface area contributed by atoms with Gasteiger partial charge < -0.3 is 14.2 Å². The minimum absolute atomic E-state index is 0.622. The number of hydrogen-bond acceptors (Lipinski definition) is 4. The van der Waals surface area contributed by atoms with Crippen LogP contribution in [-0.4, -0.2) is 38.3 Å². The van der Waals surface area contributed by atoms with Crippen LogP contribution >= 0.6 is 0 Å². The van der Waals surface area contributed by atoms with Gasteiger partial charge in [-0.2, -0.15) is 0 Å². The smallest absolute Gasteiger partial charge is 0.161 e. The van der Waals surface area contributed by atoms with Crippen LogP contribution in [-0.2, 0) is 6.54 Å². The molecule has 0 aliphatic carbocycles. The van der Waals surface area contributed by atoms with Crippen molar-refractivity contribution in [3.8, 4) is 17.2 Å². The van der Waals surface area contributed by atoms with E-state index < -0.39 is 0 Å². The Morgan fingerprint density at radius 3 is 2.52 bits per heavy atom. The van der Waals surface area contributed by atoms with Crippen LogP contribution in [0.1, 0.15) is 11.1 Å². The summed E-state index contributed by atoms with van der Waals surface area (Å²) < 4.78 is 16.9. The van der Waals surface area contributed by atoms with Gasteiger partial charge in [0.05, 0.1) is 0 Å². The van der Waals surface area contributed by atoms with Crippen molar-refractivity contribution in [1.29, 1.82) is 0 Å². The van der Waals surface area contributed by atoms with Crippen molar-refractivity contribution in [3.05, 3.63) is 53.6 Å². The maximum atomic E-state index is 5.77. The van der Waals surface area contributed by atoms with E-state index in [1.165, 1.54) is 11.1 Å². The molecule has 0 amide bonds. The second-order valence-corrected chi connectivity index (χ2v) is 5.88. The van der Waals surface area contributed by atoms with E-state index >= 15 is 0 Å². The zero-order chi connectivity index (χ0) is 16.1. The second-order valence-electron chi connectivity index (χ2n) is 5.88. The van der Waals surface area contributed by atoms with Gasteiger partial charge in [-0.1, -0.05) is 23.8 Å². The fourth-order valence-electron chi connectivity index (χ4n) is 2.53. The van der Waals surface area contributed by atoms with Crippen LogP contribution in [0.2, 0.25) is 0 Å². The first-order valence-electron chi connectivity index (χ1n) is 7.97. The monoisotopic (exact) mass is 313 g/mol. The Bertz CT molecular complexity index is 640. The predicted octanol–water partition coefficient (Wildman–Crippen LogP) is 3.28. The lowest BCUT2D eigenvalue weighted by Crippen LogP contribution is -2.24. The summed E-state index contributed by atoms with van der Waals surface area (Å²) in [7, 11) is 2.09. The average Bonchev–Trinajstić information content (AvgIpc) is 2.56. The van der Waals surface area contributed by atoms with Gasteiger partial charge in [-0.15, -0.1) is 0 Å². The first-order valence-corrected chi connectivity index (χ1v) is 7.97. The number of hydrogen-bond donors (Lipinski definition) is 0. The highest BCUT2D eigenvalue weighted by Crippen LogP contribution is 2.30. The van der Waals surface area contributed by atoms with E-state index in [0.29, 0.717) is 19.8 Å². The molecule has 2 aromatic rings. The molecule has 0 aromatic heterocycles. The predicted molar refractivity (Wildman–Crippen MR) is 90.4 cm³/mol. The Kier molecular flexibility index (Phi) is 5.03. The third-order valence-corrected chi connectivity index (χ3v) is 3.82. The maximum absolute atomic E-state index is 5.77. The Balaban J connectivity index is 1.47. The zero-order valence-corrected chi connectivity index (χ0v) is 13.7. The molecule has 0 saturated carbocycles. The number of fused-ring (bicyclic) bond motifs is 1. The molecule has 0 fully saturated rings. The number of rotatable bonds is 6. The number of benzene rings is 2. The van der Waals surface area contributed by atoms with Crippen molar-refractivity contribution in [1.82, 2.24) is 4.90 Å². The largest absolute Gasteiger partial charge is 0.492 e. The molecule has 0 bridgehead atoms. The zero-order valence-electron chi connectivity index (χ0n) is 13.7. The van der Waals surface area contributed by atoms with Gasteiger partial charge in [0.25, 0.3) is 0 Å². The summed E-state index contributed by atoms with van der Waals surface area (Å²) in [6, 6.07) is 14.3. The summed E-state index contributed by atoms with van der Waals surface area (Å²) in [6.45, 7) is 5.71. The topological polar surface area (TPSA) is 30.9 Å². The van der Waals surface area contributed by atoms with Crippen LogP contribution in [0, 0.1) is 6.92 Å². The molecule has 0 radical (unpaired) electrons. The Morgan fingerprint density at radius 1 is 1.00 bits per heavy atom. The molecule has 0 spiro atoms. The summed E-state index contributed by atoms with van der Waals surface area (Å²) in [4.78, 5) is 2.24. The molecule has 23 heavy (non-hydrogen) atoms. The average molecular weight is 313 g/mol. The van der Waals surface area contributed by atoms with Gasteiger partial charge in [0.15, 0.2) is 11.5 Å². The van der Waals surface area contributed by atoms with Crippen molar-refractivity contribution in [3.63, 3.8) is 0 Å². The lowest BCUT2D eigenvalue weighted by atomic mass is 10.2. The van der Waals surface area contributed by atoms with Crippen LogP contribution in [0.3, 0.4) is 0 Å². The van der Waals surface area contributed by atoms with Gasteiger partial charge in [0.2, 0.25) is 0 Å². The highest BCUT2D eigenvalue weighted by atomic mass is 16.6. The van der Waals surface area contributed by atoms with Crippen LogP contribution in [0.25, 0.3) is 0 Å². The lowest BCUT2D eigenvalue weighted by molar-refractivity contribution is 0.171. The molecule has 3 rings (SSSR count). The highest BCUT2D eigenvalue weighted by molar-refractivity contribution is 5.43. The van der Waals surface area contributed by atoms with Gasteiger partial charge in [-0.3, -0.25) is 4.90 Å². The Hall–Kier alpha value is -2.20. The molecule has 122 valence electrons. The SMILES string of the molecule is Cc1ccc(OCCN(C)Cc2ccc3c(c2)OCCO3)cc1. The second kappa shape index (κ2) is 7.38. The first kappa shape index (κ1) is 15.7. The fourth-order valence-corrected chi connectivity index (χ4v) is 2.53. The van der Waals surface area contributed by atoms with E-state index in [4.69, 9.17) is 14.2 Å². The minimum Gasteiger partial charge on any atom is -0.492 e. The third kappa shape index (κ3) is 4.39. The molecular formula is C19H23NO3. The molecule has 0 unspecified atom stereocenters. The van der Waals surface area contributed by atoms with E-state index in [2.05, 4.69) is 43.1 Å². The summed E-state index contributed by atoms with van der Waals surface area (Å²) >= 11 is 0. The molecule has 0 atom stereocenters. The summed E-state index contributed by atoms with van der Waals surface area (Å²) in [5.74, 6) is 2.60. The lowest BCUT2D eigenvalue weighted by Gasteiger charge is -2.21. The van der Waals surface area contributed by atoms with Gasteiger partial charge in [-0.05, 0) is 43.8 Å². The van der Waals surface area contributed by atoms with Crippen molar-refractivity contribution in [2.75, 3.05) is 33.4 Å². The minimum atomic E-state index is 0.622. The van der Waals surface area contributed by atoms with Crippen LogP contribution in [0.15, 0.2) is 42.5 Å². The van der Waals surface area contributed by atoms with Crippen molar-refractivity contribution in [2.45, 2.75) is 13.5 Å². The van der Waals surface area contributed by atoms with E-state index in [-0.39, 0.29) is 0 Å². The van der Waals surface area contributed by atoms with Gasteiger partial charge in [0, 0.05) is 13.1 Å². The van der Waals surface area contributed by atoms with Crippen molar-refractivity contribution < 1.29 is 14.2 Å². The van der Waals surface area contributed by atoms with Crippen molar-refractivity contribution in [2.24, 2.45) is 0 Å². The molecule has 1 aliphatic heterocycles. The van der Waals surface area contributed by atoms with E-state index in [9.17, 15) is 0 Å². The van der Waals surface area contributed by atoms with E-state index in [1.54, 1.807) is 0 Å². The van der Waals surface area contributed by atoms with Crippen molar-refractivity contribution >= 4 is 0 Å².